The molecule has 1 aliphatic heterocycles. The molecule has 1 aromatic carbocycles. The first-order chi connectivity index (χ1) is 19.1. The number of fused-ring (bicyclic) bond motifs is 1. The fourth-order valence-corrected chi connectivity index (χ4v) is 6.10. The summed E-state index contributed by atoms with van der Waals surface area (Å²) in [4.78, 5) is 25.8. The Kier molecular flexibility index (Phi) is 7.19. The third-order valence-corrected chi connectivity index (χ3v) is 8.23. The summed E-state index contributed by atoms with van der Waals surface area (Å²) in [5.74, 6) is 0.249. The highest BCUT2D eigenvalue weighted by Crippen LogP contribution is 2.31. The van der Waals surface area contributed by atoms with E-state index < -0.39 is 0 Å². The van der Waals surface area contributed by atoms with E-state index in [4.69, 9.17) is 9.15 Å². The molecule has 0 radical (unpaired) electrons. The quantitative estimate of drug-likeness (QED) is 0.347. The molecule has 4 heterocycles. The number of likely N-dealkylation sites (N-methyl/N-ethyl adjacent to an activating group) is 1. The lowest BCUT2D eigenvalue weighted by atomic mass is 9.87. The van der Waals surface area contributed by atoms with Gasteiger partial charge >= 0.3 is 5.97 Å². The van der Waals surface area contributed by atoms with Crippen LogP contribution < -0.4 is 10.2 Å². The van der Waals surface area contributed by atoms with Gasteiger partial charge in [-0.15, -0.1) is 0 Å². The third kappa shape index (κ3) is 5.34. The molecule has 10 heteroatoms. The number of anilines is 2. The van der Waals surface area contributed by atoms with E-state index in [0.29, 0.717) is 29.4 Å². The standard InChI is InChI=1S/C29H35N7O3/c1-34(22-9-6-14-35(17-22)23-12-13-27-31-19-32-36(27)18-23)25-11-4-3-10-24(25)33-29-30-16-26(39-29)20-7-5-8-21(15-20)28(37)38-2/h5,7-8,12-13,15-16,18-19,22,24-25H,3-4,6,9-11,14,17H2,1-2H3,(H,30,33)/t22-,24+,25+/m0/s1. The zero-order chi connectivity index (χ0) is 26.8. The van der Waals surface area contributed by atoms with Crippen LogP contribution >= 0.6 is 0 Å². The van der Waals surface area contributed by atoms with E-state index in [2.05, 4.69) is 49.5 Å². The fraction of sp³-hybridized carbons (Fsp3) is 0.448. The second-order valence-corrected chi connectivity index (χ2v) is 10.6. The molecule has 2 fully saturated rings. The maximum absolute atomic E-state index is 11.9. The highest BCUT2D eigenvalue weighted by molar-refractivity contribution is 5.90. The number of aromatic nitrogens is 4. The van der Waals surface area contributed by atoms with Crippen LogP contribution in [0.15, 0.2) is 59.5 Å². The highest BCUT2D eigenvalue weighted by Gasteiger charge is 2.34. The minimum Gasteiger partial charge on any atom is -0.465 e. The minimum atomic E-state index is -0.372. The van der Waals surface area contributed by atoms with Crippen molar-refractivity contribution in [2.45, 2.75) is 56.7 Å². The lowest BCUT2D eigenvalue weighted by Crippen LogP contribution is -2.55. The van der Waals surface area contributed by atoms with Gasteiger partial charge in [-0.25, -0.2) is 19.3 Å². The second kappa shape index (κ2) is 11.1. The summed E-state index contributed by atoms with van der Waals surface area (Å²) in [6, 6.07) is 13.0. The van der Waals surface area contributed by atoms with Crippen molar-refractivity contribution in [2.24, 2.45) is 0 Å². The molecular formula is C29H35N7O3. The van der Waals surface area contributed by atoms with Gasteiger partial charge in [-0.1, -0.05) is 25.0 Å². The lowest BCUT2D eigenvalue weighted by Gasteiger charge is -2.45. The molecule has 0 unspecified atom stereocenters. The van der Waals surface area contributed by atoms with E-state index in [-0.39, 0.29) is 12.0 Å². The van der Waals surface area contributed by atoms with Crippen molar-refractivity contribution in [3.63, 3.8) is 0 Å². The largest absolute Gasteiger partial charge is 0.465 e. The Labute approximate surface area is 228 Å². The van der Waals surface area contributed by atoms with E-state index in [9.17, 15) is 4.79 Å². The van der Waals surface area contributed by atoms with Gasteiger partial charge < -0.3 is 19.4 Å². The van der Waals surface area contributed by atoms with Crippen molar-refractivity contribution in [2.75, 3.05) is 37.5 Å². The third-order valence-electron chi connectivity index (χ3n) is 8.23. The first-order valence-corrected chi connectivity index (χ1v) is 13.8. The number of piperidine rings is 1. The Morgan fingerprint density at radius 2 is 2.03 bits per heavy atom. The molecule has 1 N–H and O–H groups in total. The van der Waals surface area contributed by atoms with Gasteiger partial charge in [0.2, 0.25) is 0 Å². The number of ether oxygens (including phenoxy) is 1. The summed E-state index contributed by atoms with van der Waals surface area (Å²) in [6.07, 6.45) is 12.4. The number of hydrogen-bond donors (Lipinski definition) is 1. The summed E-state index contributed by atoms with van der Waals surface area (Å²) in [5.41, 5.74) is 3.33. The van der Waals surface area contributed by atoms with Crippen molar-refractivity contribution < 1.29 is 13.9 Å². The molecule has 1 saturated heterocycles. The second-order valence-electron chi connectivity index (χ2n) is 10.6. The lowest BCUT2D eigenvalue weighted by molar-refractivity contribution is 0.0601. The van der Waals surface area contributed by atoms with Gasteiger partial charge in [0.25, 0.3) is 6.01 Å². The zero-order valence-corrected chi connectivity index (χ0v) is 22.5. The predicted octanol–water partition coefficient (Wildman–Crippen LogP) is 4.49. The molecule has 10 nitrogen and oxygen atoms in total. The monoisotopic (exact) mass is 529 g/mol. The number of hydrogen-bond acceptors (Lipinski definition) is 9. The van der Waals surface area contributed by atoms with Crippen LogP contribution in [0.2, 0.25) is 0 Å². The molecule has 6 rings (SSSR count). The first kappa shape index (κ1) is 25.4. The molecule has 0 spiro atoms. The Morgan fingerprint density at radius 1 is 1.13 bits per heavy atom. The smallest absolute Gasteiger partial charge is 0.337 e. The Balaban J connectivity index is 1.14. The average molecular weight is 530 g/mol. The molecule has 0 amide bonds. The topological polar surface area (TPSA) is 101 Å². The van der Waals surface area contributed by atoms with E-state index in [0.717, 1.165) is 43.6 Å². The molecule has 204 valence electrons. The van der Waals surface area contributed by atoms with Crippen LogP contribution in [-0.2, 0) is 4.74 Å². The van der Waals surface area contributed by atoms with Crippen molar-refractivity contribution in [1.29, 1.82) is 0 Å². The van der Waals surface area contributed by atoms with Crippen molar-refractivity contribution in [3.05, 3.63) is 60.7 Å². The van der Waals surface area contributed by atoms with Gasteiger partial charge in [-0.05, 0) is 57.0 Å². The first-order valence-electron chi connectivity index (χ1n) is 13.8. The average Bonchev–Trinajstić information content (AvgIpc) is 3.66. The maximum Gasteiger partial charge on any atom is 0.337 e. The molecule has 1 aliphatic carbocycles. The molecule has 3 aromatic heterocycles. The summed E-state index contributed by atoms with van der Waals surface area (Å²) in [6.45, 7) is 2.03. The number of benzene rings is 1. The van der Waals surface area contributed by atoms with Crippen LogP contribution in [0.3, 0.4) is 0 Å². The molecule has 0 bridgehead atoms. The van der Waals surface area contributed by atoms with Crippen LogP contribution in [0, 0.1) is 0 Å². The number of esters is 1. The van der Waals surface area contributed by atoms with Crippen LogP contribution in [0.4, 0.5) is 11.7 Å². The number of carbonyl (C=O) groups is 1. The summed E-state index contributed by atoms with van der Waals surface area (Å²) >= 11 is 0. The van der Waals surface area contributed by atoms with Gasteiger partial charge in [0.15, 0.2) is 11.4 Å². The number of methoxy groups -OCH3 is 1. The van der Waals surface area contributed by atoms with E-state index in [1.165, 1.54) is 32.1 Å². The fourth-order valence-electron chi connectivity index (χ4n) is 6.10. The van der Waals surface area contributed by atoms with Gasteiger partial charge in [0, 0.05) is 36.8 Å². The Hall–Kier alpha value is -3.92. The molecule has 1 saturated carbocycles. The number of carbonyl (C=O) groups excluding carboxylic acids is 1. The number of nitrogens with zero attached hydrogens (tertiary/aromatic N) is 6. The van der Waals surface area contributed by atoms with Crippen LogP contribution in [0.5, 0.6) is 0 Å². The van der Waals surface area contributed by atoms with Crippen molar-refractivity contribution in [3.8, 4) is 11.3 Å². The van der Waals surface area contributed by atoms with Crippen LogP contribution in [0.25, 0.3) is 17.0 Å². The summed E-state index contributed by atoms with van der Waals surface area (Å²) in [5, 5.41) is 7.92. The SMILES string of the molecule is COC(=O)c1cccc(-c2cnc(N[C@@H]3CCCC[C@H]3N(C)[C@H]3CCCN(c4ccc5ncnn5c4)C3)o2)c1. The Morgan fingerprint density at radius 3 is 2.92 bits per heavy atom. The van der Waals surface area contributed by atoms with Gasteiger partial charge in [-0.2, -0.15) is 5.10 Å². The van der Waals surface area contributed by atoms with Crippen molar-refractivity contribution >= 4 is 23.3 Å². The number of pyridine rings is 1. The molecular weight excluding hydrogens is 494 g/mol. The Bertz CT molecular complexity index is 1430. The number of nitrogens with one attached hydrogen (secondary N) is 1. The van der Waals surface area contributed by atoms with Crippen LogP contribution in [-0.4, -0.2) is 75.8 Å². The zero-order valence-electron chi connectivity index (χ0n) is 22.5. The molecule has 2 aliphatic rings. The summed E-state index contributed by atoms with van der Waals surface area (Å²) < 4.78 is 12.8. The predicted molar refractivity (Wildman–Crippen MR) is 149 cm³/mol. The van der Waals surface area contributed by atoms with Gasteiger partial charge in [0.1, 0.15) is 6.33 Å². The number of rotatable bonds is 7. The van der Waals surface area contributed by atoms with E-state index >= 15 is 0 Å². The number of oxazole rings is 1. The van der Waals surface area contributed by atoms with E-state index in [1.54, 1.807) is 24.7 Å². The molecule has 3 atom stereocenters. The maximum atomic E-state index is 11.9. The highest BCUT2D eigenvalue weighted by atomic mass is 16.5. The van der Waals surface area contributed by atoms with Crippen LogP contribution in [0.1, 0.15) is 48.9 Å². The normalized spacial score (nSPS) is 21.8. The van der Waals surface area contributed by atoms with Gasteiger partial charge in [-0.3, -0.25) is 4.90 Å². The molecule has 4 aromatic rings. The summed E-state index contributed by atoms with van der Waals surface area (Å²) in [7, 11) is 3.66. The van der Waals surface area contributed by atoms with Crippen molar-refractivity contribution in [1.82, 2.24) is 24.5 Å². The van der Waals surface area contributed by atoms with Gasteiger partial charge in [0.05, 0.1) is 30.8 Å². The van der Waals surface area contributed by atoms with E-state index in [1.807, 2.05) is 22.7 Å². The minimum absolute atomic E-state index is 0.249. The molecule has 39 heavy (non-hydrogen) atoms.